The van der Waals surface area contributed by atoms with Gasteiger partial charge < -0.3 is 15.8 Å². The van der Waals surface area contributed by atoms with E-state index in [1.807, 2.05) is 6.07 Å². The van der Waals surface area contributed by atoms with Gasteiger partial charge in [-0.15, -0.1) is 0 Å². The fourth-order valence-electron chi connectivity index (χ4n) is 2.43. The van der Waals surface area contributed by atoms with Crippen molar-refractivity contribution in [1.29, 1.82) is 0 Å². The van der Waals surface area contributed by atoms with Crippen LogP contribution in [0.1, 0.15) is 16.8 Å². The minimum absolute atomic E-state index is 0.146. The SMILES string of the molecule is NC(=O)CCOc1ccc(NC(=O)c2cc(Cl)cc3cccnc23)cc1. The highest BCUT2D eigenvalue weighted by atomic mass is 35.5. The molecule has 3 N–H and O–H groups in total. The summed E-state index contributed by atoms with van der Waals surface area (Å²) in [4.78, 5) is 27.6. The van der Waals surface area contributed by atoms with Crippen LogP contribution in [0, 0.1) is 0 Å². The van der Waals surface area contributed by atoms with Crippen molar-refractivity contribution < 1.29 is 14.3 Å². The molecule has 0 spiro atoms. The maximum Gasteiger partial charge on any atom is 0.257 e. The van der Waals surface area contributed by atoms with Gasteiger partial charge in [0.25, 0.3) is 5.91 Å². The first kappa shape index (κ1) is 17.7. The first-order valence-corrected chi connectivity index (χ1v) is 8.27. The van der Waals surface area contributed by atoms with E-state index in [9.17, 15) is 9.59 Å². The number of carbonyl (C=O) groups is 2. The van der Waals surface area contributed by atoms with E-state index >= 15 is 0 Å². The Morgan fingerprint density at radius 2 is 1.92 bits per heavy atom. The van der Waals surface area contributed by atoms with Gasteiger partial charge in [-0.3, -0.25) is 14.6 Å². The first-order chi connectivity index (χ1) is 12.5. The van der Waals surface area contributed by atoms with Crippen molar-refractivity contribution in [3.05, 3.63) is 65.3 Å². The van der Waals surface area contributed by atoms with Crippen LogP contribution < -0.4 is 15.8 Å². The molecule has 0 saturated heterocycles. The summed E-state index contributed by atoms with van der Waals surface area (Å²) in [6, 6.07) is 13.8. The predicted molar refractivity (Wildman–Crippen MR) is 100 cm³/mol. The van der Waals surface area contributed by atoms with E-state index in [1.54, 1.807) is 48.7 Å². The second-order valence-electron chi connectivity index (χ2n) is 5.57. The van der Waals surface area contributed by atoms with E-state index in [2.05, 4.69) is 10.3 Å². The summed E-state index contributed by atoms with van der Waals surface area (Å²) in [6.45, 7) is 0.210. The van der Waals surface area contributed by atoms with E-state index in [0.29, 0.717) is 27.5 Å². The molecule has 0 fully saturated rings. The number of nitrogens with zero attached hydrogens (tertiary/aromatic N) is 1. The number of nitrogens with one attached hydrogen (secondary N) is 1. The molecule has 0 aliphatic heterocycles. The molecule has 3 rings (SSSR count). The van der Waals surface area contributed by atoms with Crippen LogP contribution in [0.4, 0.5) is 5.69 Å². The summed E-state index contributed by atoms with van der Waals surface area (Å²) in [5, 5.41) is 4.07. The van der Waals surface area contributed by atoms with E-state index in [1.165, 1.54) is 0 Å². The van der Waals surface area contributed by atoms with Crippen molar-refractivity contribution in [2.75, 3.05) is 11.9 Å². The summed E-state index contributed by atoms with van der Waals surface area (Å²) >= 11 is 6.11. The largest absolute Gasteiger partial charge is 0.493 e. The van der Waals surface area contributed by atoms with Crippen LogP contribution >= 0.6 is 11.6 Å². The Kier molecular flexibility index (Phi) is 5.34. The maximum atomic E-state index is 12.6. The molecule has 2 aromatic carbocycles. The van der Waals surface area contributed by atoms with Crippen LogP contribution in [0.25, 0.3) is 10.9 Å². The highest BCUT2D eigenvalue weighted by Crippen LogP contribution is 2.24. The number of carbonyl (C=O) groups excluding carboxylic acids is 2. The third kappa shape index (κ3) is 4.29. The number of halogens is 1. The van der Waals surface area contributed by atoms with Gasteiger partial charge in [0.1, 0.15) is 5.75 Å². The number of pyridine rings is 1. The number of benzene rings is 2. The lowest BCUT2D eigenvalue weighted by molar-refractivity contribution is -0.118. The highest BCUT2D eigenvalue weighted by molar-refractivity contribution is 6.32. The van der Waals surface area contributed by atoms with Crippen molar-refractivity contribution >= 4 is 40.0 Å². The second kappa shape index (κ2) is 7.84. The number of rotatable bonds is 6. The van der Waals surface area contributed by atoms with E-state index in [4.69, 9.17) is 22.1 Å². The molecule has 26 heavy (non-hydrogen) atoms. The molecule has 7 heteroatoms. The van der Waals surface area contributed by atoms with Gasteiger partial charge in [-0.2, -0.15) is 0 Å². The molecule has 132 valence electrons. The number of fused-ring (bicyclic) bond motifs is 1. The lowest BCUT2D eigenvalue weighted by atomic mass is 10.1. The molecule has 0 radical (unpaired) electrons. The highest BCUT2D eigenvalue weighted by Gasteiger charge is 2.13. The van der Waals surface area contributed by atoms with Crippen molar-refractivity contribution in [2.24, 2.45) is 5.73 Å². The quantitative estimate of drug-likeness (QED) is 0.696. The molecular weight excluding hydrogens is 354 g/mol. The minimum atomic E-state index is -0.420. The van der Waals surface area contributed by atoms with Crippen LogP contribution in [0.5, 0.6) is 5.75 Å². The van der Waals surface area contributed by atoms with Gasteiger partial charge in [-0.25, -0.2) is 0 Å². The zero-order valence-electron chi connectivity index (χ0n) is 13.7. The number of ether oxygens (including phenoxy) is 1. The Morgan fingerprint density at radius 1 is 1.15 bits per heavy atom. The first-order valence-electron chi connectivity index (χ1n) is 7.90. The van der Waals surface area contributed by atoms with Crippen LogP contribution in [0.15, 0.2) is 54.7 Å². The molecule has 0 bridgehead atoms. The topological polar surface area (TPSA) is 94.3 Å². The Balaban J connectivity index is 1.73. The zero-order chi connectivity index (χ0) is 18.5. The predicted octanol–water partition coefficient (Wildman–Crippen LogP) is 3.39. The van der Waals surface area contributed by atoms with Gasteiger partial charge in [-0.05, 0) is 42.5 Å². The summed E-state index contributed by atoms with van der Waals surface area (Å²) in [7, 11) is 0. The van der Waals surface area contributed by atoms with Crippen LogP contribution in [0.2, 0.25) is 5.02 Å². The van der Waals surface area contributed by atoms with Gasteiger partial charge in [0, 0.05) is 22.3 Å². The van der Waals surface area contributed by atoms with Gasteiger partial charge in [0.2, 0.25) is 5.91 Å². The molecule has 6 nitrogen and oxygen atoms in total. The average molecular weight is 370 g/mol. The van der Waals surface area contributed by atoms with Crippen molar-refractivity contribution in [2.45, 2.75) is 6.42 Å². The molecule has 2 amide bonds. The molecule has 0 aliphatic rings. The normalized spacial score (nSPS) is 10.5. The van der Waals surface area contributed by atoms with Gasteiger partial charge >= 0.3 is 0 Å². The third-order valence-electron chi connectivity index (χ3n) is 3.64. The summed E-state index contributed by atoms with van der Waals surface area (Å²) in [5.41, 5.74) is 6.64. The Hall–Kier alpha value is -3.12. The molecule has 0 aliphatic carbocycles. The number of primary amides is 1. The Bertz CT molecular complexity index is 958. The lowest BCUT2D eigenvalue weighted by Gasteiger charge is -2.09. The van der Waals surface area contributed by atoms with Gasteiger partial charge in [-0.1, -0.05) is 17.7 Å². The van der Waals surface area contributed by atoms with Gasteiger partial charge in [0.05, 0.1) is 24.1 Å². The fraction of sp³-hybridized carbons (Fsp3) is 0.105. The Morgan fingerprint density at radius 3 is 2.65 bits per heavy atom. The average Bonchev–Trinajstić information content (AvgIpc) is 2.62. The van der Waals surface area contributed by atoms with Crippen LogP contribution in [-0.2, 0) is 4.79 Å². The number of anilines is 1. The number of aromatic nitrogens is 1. The molecule has 1 aromatic heterocycles. The molecule has 0 saturated carbocycles. The molecule has 1 heterocycles. The molecular formula is C19H16ClN3O3. The van der Waals surface area contributed by atoms with Crippen molar-refractivity contribution in [3.8, 4) is 5.75 Å². The van der Waals surface area contributed by atoms with Crippen molar-refractivity contribution in [3.63, 3.8) is 0 Å². The monoisotopic (exact) mass is 369 g/mol. The molecule has 3 aromatic rings. The van der Waals surface area contributed by atoms with Gasteiger partial charge in [0.15, 0.2) is 0 Å². The van der Waals surface area contributed by atoms with E-state index in [0.717, 1.165) is 5.39 Å². The smallest absolute Gasteiger partial charge is 0.257 e. The summed E-state index contributed by atoms with van der Waals surface area (Å²) in [6.07, 6.45) is 1.78. The standard InChI is InChI=1S/C19H16ClN3O3/c20-13-10-12-2-1-8-22-18(12)16(11-13)19(25)23-14-3-5-15(6-4-14)26-9-7-17(21)24/h1-6,8,10-11H,7,9H2,(H2,21,24)(H,23,25). The Labute approximate surface area is 154 Å². The fourth-order valence-corrected chi connectivity index (χ4v) is 2.66. The lowest BCUT2D eigenvalue weighted by Crippen LogP contribution is -2.14. The summed E-state index contributed by atoms with van der Waals surface area (Å²) in [5.74, 6) is -0.144. The minimum Gasteiger partial charge on any atom is -0.493 e. The molecule has 0 unspecified atom stereocenters. The number of hydrogen-bond donors (Lipinski definition) is 2. The van der Waals surface area contributed by atoms with Crippen molar-refractivity contribution in [1.82, 2.24) is 4.98 Å². The number of nitrogens with two attached hydrogens (primary N) is 1. The van der Waals surface area contributed by atoms with Crippen LogP contribution in [-0.4, -0.2) is 23.4 Å². The van der Waals surface area contributed by atoms with Crippen LogP contribution in [0.3, 0.4) is 0 Å². The van der Waals surface area contributed by atoms with E-state index < -0.39 is 5.91 Å². The number of amides is 2. The molecule has 0 atom stereocenters. The summed E-state index contributed by atoms with van der Waals surface area (Å²) < 4.78 is 5.39. The maximum absolute atomic E-state index is 12.6. The zero-order valence-corrected chi connectivity index (χ0v) is 14.5. The van der Waals surface area contributed by atoms with E-state index in [-0.39, 0.29) is 18.9 Å². The number of hydrogen-bond acceptors (Lipinski definition) is 4. The second-order valence-corrected chi connectivity index (χ2v) is 6.01. The third-order valence-corrected chi connectivity index (χ3v) is 3.86.